The van der Waals surface area contributed by atoms with Gasteiger partial charge < -0.3 is 4.74 Å². The summed E-state index contributed by atoms with van der Waals surface area (Å²) in [7, 11) is 1.45. The van der Waals surface area contributed by atoms with Crippen LogP contribution in [-0.4, -0.2) is 13.1 Å². The van der Waals surface area contributed by atoms with Gasteiger partial charge in [0.1, 0.15) is 0 Å². The molecule has 13 heavy (non-hydrogen) atoms. The number of hydrogen-bond donors (Lipinski definition) is 0. The second kappa shape index (κ2) is 5.79. The maximum absolute atomic E-state index is 11.3. The molecule has 0 aromatic carbocycles. The predicted octanol–water partition coefficient (Wildman–Crippen LogP) is 2.83. The number of carbonyl (C=O) groups excluding carboxylic acids is 1. The lowest BCUT2D eigenvalue weighted by Gasteiger charge is -2.03. The molecule has 0 spiro atoms. The summed E-state index contributed by atoms with van der Waals surface area (Å²) in [6, 6.07) is 0. The van der Waals surface area contributed by atoms with Crippen molar-refractivity contribution in [1.29, 1.82) is 0 Å². The van der Waals surface area contributed by atoms with Crippen molar-refractivity contribution in [3.05, 3.63) is 11.6 Å². The summed E-state index contributed by atoms with van der Waals surface area (Å²) in [4.78, 5) is 11.3. The molecule has 1 aliphatic rings. The lowest BCUT2D eigenvalue weighted by atomic mass is 10.1. The van der Waals surface area contributed by atoms with Gasteiger partial charge in [-0.2, -0.15) is 0 Å². The highest BCUT2D eigenvalue weighted by molar-refractivity contribution is 5.88. The molecule has 0 aliphatic heterocycles. The van der Waals surface area contributed by atoms with Crippen molar-refractivity contribution in [2.45, 2.75) is 44.9 Å². The molecule has 0 bridgehead atoms. The third-order valence-corrected chi connectivity index (χ3v) is 2.49. The highest BCUT2D eigenvalue weighted by atomic mass is 16.5. The zero-order valence-corrected chi connectivity index (χ0v) is 8.34. The van der Waals surface area contributed by atoms with Crippen LogP contribution in [0.1, 0.15) is 44.9 Å². The maximum atomic E-state index is 11.3. The first kappa shape index (κ1) is 10.3. The Balaban J connectivity index is 2.51. The molecule has 0 unspecified atom stereocenters. The average Bonchev–Trinajstić information content (AvgIpc) is 2.29. The van der Waals surface area contributed by atoms with E-state index in [4.69, 9.17) is 4.74 Å². The molecule has 0 radical (unpaired) electrons. The molecule has 74 valence electrons. The Morgan fingerprint density at radius 2 is 1.92 bits per heavy atom. The molecule has 1 rings (SSSR count). The third-order valence-electron chi connectivity index (χ3n) is 2.49. The quantitative estimate of drug-likeness (QED) is 0.583. The Morgan fingerprint density at radius 1 is 1.23 bits per heavy atom. The van der Waals surface area contributed by atoms with Crippen molar-refractivity contribution in [1.82, 2.24) is 0 Å². The van der Waals surface area contributed by atoms with Gasteiger partial charge in [-0.1, -0.05) is 25.3 Å². The number of carbonyl (C=O) groups is 1. The Labute approximate surface area is 80.0 Å². The fraction of sp³-hybridized carbons (Fsp3) is 0.727. The summed E-state index contributed by atoms with van der Waals surface area (Å²) in [6.45, 7) is 0. The van der Waals surface area contributed by atoms with Gasteiger partial charge in [0.2, 0.25) is 0 Å². The van der Waals surface area contributed by atoms with Gasteiger partial charge in [0, 0.05) is 5.57 Å². The molecule has 0 saturated carbocycles. The Kier molecular flexibility index (Phi) is 4.58. The van der Waals surface area contributed by atoms with Crippen LogP contribution >= 0.6 is 0 Å². The third kappa shape index (κ3) is 3.62. The largest absolute Gasteiger partial charge is 0.466 e. The molecule has 1 aliphatic carbocycles. The van der Waals surface area contributed by atoms with Gasteiger partial charge in [-0.3, -0.25) is 0 Å². The van der Waals surface area contributed by atoms with E-state index in [2.05, 4.69) is 6.08 Å². The van der Waals surface area contributed by atoms with Crippen LogP contribution in [0.25, 0.3) is 0 Å². The molecular weight excluding hydrogens is 164 g/mol. The van der Waals surface area contributed by atoms with E-state index in [9.17, 15) is 4.79 Å². The number of ether oxygens (including phenoxy) is 1. The first-order valence-electron chi connectivity index (χ1n) is 5.12. The van der Waals surface area contributed by atoms with Crippen molar-refractivity contribution < 1.29 is 9.53 Å². The SMILES string of the molecule is COC(=O)/C1=C/CCCCCCC1. The normalized spacial score (nSPS) is 23.3. The number of methoxy groups -OCH3 is 1. The van der Waals surface area contributed by atoms with Crippen LogP contribution in [0.15, 0.2) is 11.6 Å². The fourth-order valence-corrected chi connectivity index (χ4v) is 1.68. The smallest absolute Gasteiger partial charge is 0.333 e. The highest BCUT2D eigenvalue weighted by Crippen LogP contribution is 2.17. The van der Waals surface area contributed by atoms with Gasteiger partial charge in [0.15, 0.2) is 0 Å². The Hall–Kier alpha value is -0.790. The Bertz CT molecular complexity index is 194. The van der Waals surface area contributed by atoms with Crippen molar-refractivity contribution in [3.63, 3.8) is 0 Å². The molecule has 0 aromatic heterocycles. The minimum atomic E-state index is -0.137. The van der Waals surface area contributed by atoms with Crippen molar-refractivity contribution in [2.24, 2.45) is 0 Å². The predicted molar refractivity (Wildman–Crippen MR) is 52.4 cm³/mol. The minimum absolute atomic E-state index is 0.137. The van der Waals surface area contributed by atoms with Crippen LogP contribution in [0.2, 0.25) is 0 Å². The first-order chi connectivity index (χ1) is 6.34. The topological polar surface area (TPSA) is 26.3 Å². The van der Waals surface area contributed by atoms with Crippen molar-refractivity contribution in [3.8, 4) is 0 Å². The molecule has 0 heterocycles. The van der Waals surface area contributed by atoms with Gasteiger partial charge >= 0.3 is 5.97 Å². The number of allylic oxidation sites excluding steroid dienone is 1. The summed E-state index contributed by atoms with van der Waals surface area (Å²) in [5.41, 5.74) is 0.879. The average molecular weight is 182 g/mol. The highest BCUT2D eigenvalue weighted by Gasteiger charge is 2.09. The zero-order valence-electron chi connectivity index (χ0n) is 8.34. The van der Waals surface area contributed by atoms with E-state index in [-0.39, 0.29) is 5.97 Å². The van der Waals surface area contributed by atoms with Crippen LogP contribution in [0.5, 0.6) is 0 Å². The van der Waals surface area contributed by atoms with Crippen molar-refractivity contribution in [2.75, 3.05) is 7.11 Å². The van der Waals surface area contributed by atoms with Gasteiger partial charge in [-0.15, -0.1) is 0 Å². The monoisotopic (exact) mass is 182 g/mol. The molecule has 0 atom stereocenters. The number of rotatable bonds is 1. The molecule has 0 aromatic rings. The standard InChI is InChI=1S/C11H18O2/c1-13-11(12)10-8-6-4-2-3-5-7-9-10/h8H,2-7,9H2,1H3/b10-8+. The minimum Gasteiger partial charge on any atom is -0.466 e. The maximum Gasteiger partial charge on any atom is 0.333 e. The van der Waals surface area contributed by atoms with Gasteiger partial charge in [0.05, 0.1) is 7.11 Å². The molecule has 0 N–H and O–H groups in total. The molecule has 0 amide bonds. The van der Waals surface area contributed by atoms with Crippen LogP contribution in [-0.2, 0) is 9.53 Å². The summed E-state index contributed by atoms with van der Waals surface area (Å²) in [6.07, 6.45) is 10.2. The lowest BCUT2D eigenvalue weighted by molar-refractivity contribution is -0.136. The van der Waals surface area contributed by atoms with E-state index in [1.165, 1.54) is 32.8 Å². The summed E-state index contributed by atoms with van der Waals surface area (Å²) in [5, 5.41) is 0. The lowest BCUT2D eigenvalue weighted by Crippen LogP contribution is -2.04. The van der Waals surface area contributed by atoms with E-state index >= 15 is 0 Å². The summed E-state index contributed by atoms with van der Waals surface area (Å²) in [5.74, 6) is -0.137. The number of hydrogen-bond acceptors (Lipinski definition) is 2. The second-order valence-corrected chi connectivity index (χ2v) is 3.53. The van der Waals surface area contributed by atoms with Crippen LogP contribution in [0.3, 0.4) is 0 Å². The van der Waals surface area contributed by atoms with E-state index in [0.29, 0.717) is 0 Å². The Morgan fingerprint density at radius 3 is 2.69 bits per heavy atom. The van der Waals surface area contributed by atoms with E-state index < -0.39 is 0 Å². The summed E-state index contributed by atoms with van der Waals surface area (Å²) >= 11 is 0. The van der Waals surface area contributed by atoms with E-state index in [1.807, 2.05) is 0 Å². The van der Waals surface area contributed by atoms with Gasteiger partial charge in [-0.25, -0.2) is 4.79 Å². The second-order valence-electron chi connectivity index (χ2n) is 3.53. The van der Waals surface area contributed by atoms with Gasteiger partial charge in [-0.05, 0) is 25.7 Å². The number of esters is 1. The van der Waals surface area contributed by atoms with Crippen LogP contribution in [0, 0.1) is 0 Å². The van der Waals surface area contributed by atoms with E-state index in [1.54, 1.807) is 0 Å². The van der Waals surface area contributed by atoms with Gasteiger partial charge in [0.25, 0.3) is 0 Å². The fourth-order valence-electron chi connectivity index (χ4n) is 1.68. The molecule has 0 fully saturated rings. The zero-order chi connectivity index (χ0) is 9.52. The molecular formula is C11H18O2. The van der Waals surface area contributed by atoms with Crippen molar-refractivity contribution >= 4 is 5.97 Å². The molecule has 2 nitrogen and oxygen atoms in total. The van der Waals surface area contributed by atoms with Crippen LogP contribution < -0.4 is 0 Å². The van der Waals surface area contributed by atoms with Crippen LogP contribution in [0.4, 0.5) is 0 Å². The summed E-state index contributed by atoms with van der Waals surface area (Å²) < 4.78 is 4.72. The van der Waals surface area contributed by atoms with E-state index in [0.717, 1.165) is 24.8 Å². The molecule has 0 saturated heterocycles. The first-order valence-corrected chi connectivity index (χ1v) is 5.12. The molecule has 2 heteroatoms.